The predicted octanol–water partition coefficient (Wildman–Crippen LogP) is 12.1. The Labute approximate surface area is 266 Å². The molecule has 0 bridgehead atoms. The zero-order valence-corrected chi connectivity index (χ0v) is 25.4. The van der Waals surface area contributed by atoms with Gasteiger partial charge in [-0.05, 0) is 54.6 Å². The summed E-state index contributed by atoms with van der Waals surface area (Å²) in [6.07, 6.45) is 0. The smallest absolute Gasteiger partial charge is 0.135 e. The average Bonchev–Trinajstić information content (AvgIpc) is 3.86. The maximum atomic E-state index is 6.26. The van der Waals surface area contributed by atoms with Gasteiger partial charge in [0.05, 0.1) is 26.8 Å². The van der Waals surface area contributed by atoms with Gasteiger partial charge >= 0.3 is 0 Å². The van der Waals surface area contributed by atoms with Crippen LogP contribution in [0.5, 0.6) is 0 Å². The van der Waals surface area contributed by atoms with E-state index in [4.69, 9.17) is 4.42 Å². The van der Waals surface area contributed by atoms with Gasteiger partial charge in [0.25, 0.3) is 0 Å². The lowest BCUT2D eigenvalue weighted by molar-refractivity contribution is 0.669. The lowest BCUT2D eigenvalue weighted by Crippen LogP contribution is -1.95. The van der Waals surface area contributed by atoms with Crippen LogP contribution in [0.3, 0.4) is 0 Å². The fraction of sp³-hybridized carbons (Fsp3) is 0. The van der Waals surface area contributed by atoms with Crippen molar-refractivity contribution in [1.82, 2.24) is 9.13 Å². The van der Waals surface area contributed by atoms with Crippen molar-refractivity contribution in [2.24, 2.45) is 0 Å². The zero-order chi connectivity index (χ0) is 29.9. The number of aromatic nitrogens is 2. The van der Waals surface area contributed by atoms with Crippen molar-refractivity contribution in [3.8, 4) is 11.4 Å². The Kier molecular flexibility index (Phi) is 4.72. The number of thiophene rings is 1. The third-order valence-electron chi connectivity index (χ3n) is 9.68. The van der Waals surface area contributed by atoms with Crippen molar-refractivity contribution in [2.45, 2.75) is 0 Å². The molecule has 214 valence electrons. The van der Waals surface area contributed by atoms with Crippen LogP contribution in [-0.4, -0.2) is 9.13 Å². The van der Waals surface area contributed by atoms with Crippen LogP contribution in [0.25, 0.3) is 97.1 Å². The number of hydrogen-bond acceptors (Lipinski definition) is 2. The molecule has 4 heterocycles. The first-order valence-corrected chi connectivity index (χ1v) is 16.4. The van der Waals surface area contributed by atoms with Gasteiger partial charge in [0, 0.05) is 59.2 Å². The summed E-state index contributed by atoms with van der Waals surface area (Å²) in [6, 6.07) is 52.5. The van der Waals surface area contributed by atoms with Crippen LogP contribution in [0, 0.1) is 0 Å². The Hall–Kier alpha value is -5.84. The van der Waals surface area contributed by atoms with Crippen LogP contribution < -0.4 is 0 Å². The van der Waals surface area contributed by atoms with Gasteiger partial charge in [0.15, 0.2) is 0 Å². The van der Waals surface area contributed by atoms with Crippen LogP contribution in [0.2, 0.25) is 0 Å². The Balaban J connectivity index is 1.45. The predicted molar refractivity (Wildman–Crippen MR) is 195 cm³/mol. The van der Waals surface area contributed by atoms with Crippen molar-refractivity contribution >= 4 is 97.1 Å². The summed E-state index contributed by atoms with van der Waals surface area (Å²) < 4.78 is 13.9. The molecule has 0 amide bonds. The molecule has 0 atom stereocenters. The Morgan fingerprint density at radius 3 is 1.83 bits per heavy atom. The largest absolute Gasteiger partial charge is 0.456 e. The molecule has 11 aromatic rings. The van der Waals surface area contributed by atoms with Gasteiger partial charge in [-0.25, -0.2) is 0 Å². The van der Waals surface area contributed by atoms with Gasteiger partial charge in [-0.3, -0.25) is 0 Å². The highest BCUT2D eigenvalue weighted by Gasteiger charge is 2.26. The van der Waals surface area contributed by atoms with E-state index in [1.54, 1.807) is 0 Å². The van der Waals surface area contributed by atoms with E-state index in [1.807, 2.05) is 17.4 Å². The van der Waals surface area contributed by atoms with E-state index in [-0.39, 0.29) is 0 Å². The third-order valence-corrected chi connectivity index (χ3v) is 10.9. The molecule has 0 aliphatic rings. The molecular weight excluding hydrogens is 581 g/mol. The fourth-order valence-electron chi connectivity index (χ4n) is 7.85. The minimum atomic E-state index is 0.907. The normalized spacial score (nSPS) is 12.3. The van der Waals surface area contributed by atoms with E-state index in [1.165, 1.54) is 63.8 Å². The molecule has 0 fully saturated rings. The summed E-state index contributed by atoms with van der Waals surface area (Å²) >= 11 is 1.90. The number of benzene rings is 7. The third kappa shape index (κ3) is 3.06. The summed E-state index contributed by atoms with van der Waals surface area (Å²) in [6.45, 7) is 0. The minimum Gasteiger partial charge on any atom is -0.456 e. The summed E-state index contributed by atoms with van der Waals surface area (Å²) in [7, 11) is 0. The topological polar surface area (TPSA) is 23.0 Å². The molecule has 0 aliphatic heterocycles. The van der Waals surface area contributed by atoms with Gasteiger partial charge in [0.2, 0.25) is 0 Å². The number of hydrogen-bond donors (Lipinski definition) is 0. The molecule has 46 heavy (non-hydrogen) atoms. The first-order chi connectivity index (χ1) is 22.8. The number of fused-ring (bicyclic) bond motifs is 15. The van der Waals surface area contributed by atoms with Gasteiger partial charge in [-0.1, -0.05) is 91.0 Å². The second kappa shape index (κ2) is 8.87. The first kappa shape index (κ1) is 24.5. The van der Waals surface area contributed by atoms with Crippen molar-refractivity contribution < 1.29 is 4.42 Å². The molecule has 4 aromatic heterocycles. The molecule has 0 saturated carbocycles. The summed E-state index contributed by atoms with van der Waals surface area (Å²) in [5.74, 6) is 0. The van der Waals surface area contributed by atoms with Crippen molar-refractivity contribution in [3.63, 3.8) is 0 Å². The molecule has 0 N–H and O–H groups in total. The van der Waals surface area contributed by atoms with Gasteiger partial charge in [-0.2, -0.15) is 0 Å². The first-order valence-electron chi connectivity index (χ1n) is 15.6. The molecular formula is C42H24N2OS. The Morgan fingerprint density at radius 2 is 1.02 bits per heavy atom. The Morgan fingerprint density at radius 1 is 0.413 bits per heavy atom. The zero-order valence-electron chi connectivity index (χ0n) is 24.6. The van der Waals surface area contributed by atoms with E-state index >= 15 is 0 Å². The van der Waals surface area contributed by atoms with Crippen LogP contribution in [0.15, 0.2) is 150 Å². The van der Waals surface area contributed by atoms with E-state index < -0.39 is 0 Å². The highest BCUT2D eigenvalue weighted by Crippen LogP contribution is 2.51. The van der Waals surface area contributed by atoms with Crippen molar-refractivity contribution in [1.29, 1.82) is 0 Å². The molecule has 0 saturated heterocycles. The minimum absolute atomic E-state index is 0.907. The van der Waals surface area contributed by atoms with Gasteiger partial charge in [0.1, 0.15) is 11.2 Å². The summed E-state index contributed by atoms with van der Waals surface area (Å²) in [5, 5.41) is 10.0. The molecule has 0 unspecified atom stereocenters. The highest BCUT2D eigenvalue weighted by molar-refractivity contribution is 7.27. The lowest BCUT2D eigenvalue weighted by Gasteiger charge is -2.11. The van der Waals surface area contributed by atoms with Gasteiger partial charge < -0.3 is 13.6 Å². The van der Waals surface area contributed by atoms with Gasteiger partial charge in [-0.15, -0.1) is 11.3 Å². The van der Waals surface area contributed by atoms with E-state index in [2.05, 4.69) is 149 Å². The second-order valence-corrected chi connectivity index (χ2v) is 13.1. The van der Waals surface area contributed by atoms with E-state index in [0.717, 1.165) is 33.3 Å². The number of para-hydroxylation sites is 4. The van der Waals surface area contributed by atoms with Crippen LogP contribution in [0.1, 0.15) is 0 Å². The molecule has 0 radical (unpaired) electrons. The van der Waals surface area contributed by atoms with Crippen LogP contribution in [-0.2, 0) is 0 Å². The second-order valence-electron chi connectivity index (χ2n) is 12.1. The molecule has 3 nitrogen and oxygen atoms in total. The number of rotatable bonds is 2. The molecule has 0 aliphatic carbocycles. The molecule has 7 aromatic carbocycles. The average molecular weight is 605 g/mol. The van der Waals surface area contributed by atoms with Crippen molar-refractivity contribution in [3.05, 3.63) is 146 Å². The maximum Gasteiger partial charge on any atom is 0.135 e. The summed E-state index contributed by atoms with van der Waals surface area (Å²) in [5.41, 5.74) is 9.03. The van der Waals surface area contributed by atoms with E-state index in [9.17, 15) is 0 Å². The molecule has 4 heteroatoms. The molecule has 11 rings (SSSR count). The number of nitrogens with zero attached hydrogens (tertiary/aromatic N) is 2. The van der Waals surface area contributed by atoms with Crippen LogP contribution >= 0.6 is 11.3 Å². The summed E-state index contributed by atoms with van der Waals surface area (Å²) in [4.78, 5) is 0. The highest BCUT2D eigenvalue weighted by atomic mass is 32.1. The standard InChI is InChI=1S/C42H24N2OS/c1-2-12-25(13-3-1)43-32-18-8-4-15-28(32)37-38-30-17-7-11-21-36(30)46-42(38)41-39(40(37)43)29-16-5-9-19-33(29)44(41)26-22-23-35-31(24-26)27-14-6-10-20-34(27)45-35/h1-24H. The quantitative estimate of drug-likeness (QED) is 0.192. The maximum absolute atomic E-state index is 6.26. The molecule has 0 spiro atoms. The fourth-order valence-corrected chi connectivity index (χ4v) is 9.10. The Bertz CT molecular complexity index is 3030. The number of furan rings is 1. The SMILES string of the molecule is c1ccc(-n2c3ccccc3c3c4c5ccccc5sc4c4c(c5ccccc5n4-c4ccc5oc6ccccc6c5c4)c32)cc1. The van der Waals surface area contributed by atoms with E-state index in [0.29, 0.717) is 0 Å². The monoisotopic (exact) mass is 604 g/mol. The lowest BCUT2D eigenvalue weighted by atomic mass is 10.0. The van der Waals surface area contributed by atoms with Crippen LogP contribution in [0.4, 0.5) is 0 Å². The van der Waals surface area contributed by atoms with Crippen molar-refractivity contribution in [2.75, 3.05) is 0 Å².